The molecule has 0 saturated heterocycles. The minimum Gasteiger partial charge on any atom is -0.337 e. The second-order valence-corrected chi connectivity index (χ2v) is 6.42. The van der Waals surface area contributed by atoms with E-state index in [1.807, 2.05) is 38.1 Å². The fraction of sp³-hybridized carbons (Fsp3) is 0.400. The van der Waals surface area contributed by atoms with E-state index >= 15 is 0 Å². The van der Waals surface area contributed by atoms with Crippen LogP contribution in [0.3, 0.4) is 0 Å². The molecule has 0 saturated carbocycles. The summed E-state index contributed by atoms with van der Waals surface area (Å²) >= 11 is 0. The van der Waals surface area contributed by atoms with Crippen molar-refractivity contribution in [3.63, 3.8) is 0 Å². The van der Waals surface area contributed by atoms with Crippen LogP contribution in [0.1, 0.15) is 37.0 Å². The number of aromatic nitrogens is 2. The van der Waals surface area contributed by atoms with Gasteiger partial charge in [0.15, 0.2) is 0 Å². The highest BCUT2D eigenvalue weighted by molar-refractivity contribution is 5.76. The van der Waals surface area contributed by atoms with Crippen LogP contribution >= 0.6 is 0 Å². The van der Waals surface area contributed by atoms with Crippen LogP contribution in [0.4, 0.5) is 0 Å². The molecule has 0 fully saturated rings. The van der Waals surface area contributed by atoms with Crippen molar-refractivity contribution in [2.75, 3.05) is 6.54 Å². The summed E-state index contributed by atoms with van der Waals surface area (Å²) in [6.45, 7) is 6.54. The molecule has 1 amide bonds. The van der Waals surface area contributed by atoms with Gasteiger partial charge in [0, 0.05) is 25.8 Å². The first-order valence-electron chi connectivity index (χ1n) is 8.98. The van der Waals surface area contributed by atoms with Crippen LogP contribution in [0, 0.1) is 18.3 Å². The lowest BCUT2D eigenvalue weighted by atomic mass is 10.1. The molecular weight excluding hydrogens is 344 g/mol. The summed E-state index contributed by atoms with van der Waals surface area (Å²) in [6, 6.07) is 9.66. The molecule has 1 heterocycles. The van der Waals surface area contributed by atoms with Gasteiger partial charge >= 0.3 is 5.69 Å². The Kier molecular flexibility index (Phi) is 6.72. The Hall–Kier alpha value is -3.14. The Morgan fingerprint density at radius 1 is 1.19 bits per heavy atom. The number of carbonyl (C=O) groups excluding carboxylic acids is 1. The number of hydrogen-bond donors (Lipinski definition) is 0. The molecular formula is C20H24N4O3. The lowest BCUT2D eigenvalue weighted by Crippen LogP contribution is -2.45. The zero-order valence-corrected chi connectivity index (χ0v) is 15.9. The van der Waals surface area contributed by atoms with Crippen molar-refractivity contribution < 1.29 is 4.79 Å². The predicted octanol–water partition coefficient (Wildman–Crippen LogP) is 1.65. The standard InChI is InChI=1S/C20H24N4O3/c1-4-10-23(12-16-8-6-15(3)7-9-16)18(25)14-24-19(26)17(11-21)13-22(5-2)20(24)27/h6-9,13H,4-5,10,12,14H2,1-3H3. The second kappa shape index (κ2) is 8.99. The van der Waals surface area contributed by atoms with Crippen LogP contribution < -0.4 is 11.2 Å². The molecule has 1 aromatic heterocycles. The lowest BCUT2D eigenvalue weighted by Gasteiger charge is -2.23. The highest BCUT2D eigenvalue weighted by atomic mass is 16.2. The van der Waals surface area contributed by atoms with Crippen LogP contribution in [-0.4, -0.2) is 26.5 Å². The van der Waals surface area contributed by atoms with E-state index in [0.29, 0.717) is 19.6 Å². The Labute approximate surface area is 158 Å². The van der Waals surface area contributed by atoms with E-state index in [1.165, 1.54) is 10.8 Å². The van der Waals surface area contributed by atoms with Gasteiger partial charge in [0.25, 0.3) is 5.56 Å². The molecule has 27 heavy (non-hydrogen) atoms. The van der Waals surface area contributed by atoms with Gasteiger partial charge < -0.3 is 4.90 Å². The number of benzene rings is 1. The fourth-order valence-electron chi connectivity index (χ4n) is 2.81. The maximum atomic E-state index is 12.8. The highest BCUT2D eigenvalue weighted by Gasteiger charge is 2.18. The van der Waals surface area contributed by atoms with Gasteiger partial charge in [0.1, 0.15) is 18.2 Å². The molecule has 0 N–H and O–H groups in total. The maximum absolute atomic E-state index is 12.8. The third kappa shape index (κ3) is 4.73. The van der Waals surface area contributed by atoms with Crippen molar-refractivity contribution in [3.05, 3.63) is 68.0 Å². The van der Waals surface area contributed by atoms with E-state index in [9.17, 15) is 14.4 Å². The number of hydrogen-bond acceptors (Lipinski definition) is 4. The highest BCUT2D eigenvalue weighted by Crippen LogP contribution is 2.08. The quantitative estimate of drug-likeness (QED) is 0.743. The summed E-state index contributed by atoms with van der Waals surface area (Å²) in [5.74, 6) is -0.325. The molecule has 2 aromatic rings. The average Bonchev–Trinajstić information content (AvgIpc) is 2.66. The van der Waals surface area contributed by atoms with Gasteiger partial charge in [-0.2, -0.15) is 5.26 Å². The van der Waals surface area contributed by atoms with Crippen molar-refractivity contribution >= 4 is 5.91 Å². The molecule has 1 aromatic carbocycles. The molecule has 0 unspecified atom stereocenters. The SMILES string of the molecule is CCCN(Cc1ccc(C)cc1)C(=O)Cn1c(=O)c(C#N)cn(CC)c1=O. The first-order valence-corrected chi connectivity index (χ1v) is 8.98. The fourth-order valence-corrected chi connectivity index (χ4v) is 2.81. The molecule has 0 spiro atoms. The van der Waals surface area contributed by atoms with Gasteiger partial charge in [0.05, 0.1) is 0 Å². The minimum atomic E-state index is -0.729. The van der Waals surface area contributed by atoms with Crippen LogP contribution in [-0.2, 0) is 24.4 Å². The third-order valence-electron chi connectivity index (χ3n) is 4.33. The van der Waals surface area contributed by atoms with Gasteiger partial charge in [-0.3, -0.25) is 14.2 Å². The predicted molar refractivity (Wildman–Crippen MR) is 102 cm³/mol. The van der Waals surface area contributed by atoms with Crippen LogP contribution in [0.25, 0.3) is 0 Å². The monoisotopic (exact) mass is 368 g/mol. The largest absolute Gasteiger partial charge is 0.337 e. The average molecular weight is 368 g/mol. The molecule has 0 bridgehead atoms. The Bertz CT molecular complexity index is 965. The first-order chi connectivity index (χ1) is 12.9. The summed E-state index contributed by atoms with van der Waals surface area (Å²) in [4.78, 5) is 39.2. The Morgan fingerprint density at radius 3 is 2.41 bits per heavy atom. The van der Waals surface area contributed by atoms with Crippen molar-refractivity contribution in [1.29, 1.82) is 5.26 Å². The summed E-state index contributed by atoms with van der Waals surface area (Å²) in [5, 5.41) is 9.12. The normalized spacial score (nSPS) is 10.4. The smallest absolute Gasteiger partial charge is 0.331 e. The number of aryl methyl sites for hydroxylation is 2. The number of amides is 1. The van der Waals surface area contributed by atoms with E-state index < -0.39 is 11.2 Å². The summed E-state index contributed by atoms with van der Waals surface area (Å²) in [7, 11) is 0. The van der Waals surface area contributed by atoms with Crippen LogP contribution in [0.15, 0.2) is 40.1 Å². The zero-order chi connectivity index (χ0) is 20.0. The molecule has 7 nitrogen and oxygen atoms in total. The molecule has 0 aliphatic carbocycles. The van der Waals surface area contributed by atoms with Crippen molar-refractivity contribution in [1.82, 2.24) is 14.0 Å². The van der Waals surface area contributed by atoms with Gasteiger partial charge in [-0.25, -0.2) is 9.36 Å². The summed E-state index contributed by atoms with van der Waals surface area (Å²) < 4.78 is 2.11. The van der Waals surface area contributed by atoms with E-state index in [-0.39, 0.29) is 18.0 Å². The molecule has 0 atom stereocenters. The number of nitrogens with zero attached hydrogens (tertiary/aromatic N) is 4. The Balaban J connectivity index is 2.32. The second-order valence-electron chi connectivity index (χ2n) is 6.42. The number of carbonyl (C=O) groups is 1. The first kappa shape index (κ1) is 20.2. The molecule has 0 radical (unpaired) electrons. The van der Waals surface area contributed by atoms with Gasteiger partial charge in [-0.1, -0.05) is 36.8 Å². The third-order valence-corrected chi connectivity index (χ3v) is 4.33. The van der Waals surface area contributed by atoms with E-state index in [4.69, 9.17) is 5.26 Å². The molecule has 142 valence electrons. The summed E-state index contributed by atoms with van der Waals surface area (Å²) in [6.07, 6.45) is 1.99. The van der Waals surface area contributed by atoms with E-state index in [0.717, 1.165) is 22.1 Å². The van der Waals surface area contributed by atoms with Crippen LogP contribution in [0.5, 0.6) is 0 Å². The molecule has 2 rings (SSSR count). The van der Waals surface area contributed by atoms with E-state index in [2.05, 4.69) is 0 Å². The maximum Gasteiger partial charge on any atom is 0.331 e. The topological polar surface area (TPSA) is 88.1 Å². The molecule has 0 aliphatic rings. The van der Waals surface area contributed by atoms with Gasteiger partial charge in [-0.05, 0) is 25.8 Å². The minimum absolute atomic E-state index is 0.148. The number of rotatable bonds is 7. The van der Waals surface area contributed by atoms with Crippen LogP contribution in [0.2, 0.25) is 0 Å². The van der Waals surface area contributed by atoms with E-state index in [1.54, 1.807) is 17.9 Å². The van der Waals surface area contributed by atoms with Crippen molar-refractivity contribution in [3.8, 4) is 6.07 Å². The number of nitriles is 1. The molecule has 0 aliphatic heterocycles. The van der Waals surface area contributed by atoms with Crippen molar-refractivity contribution in [2.24, 2.45) is 0 Å². The lowest BCUT2D eigenvalue weighted by molar-refractivity contribution is -0.132. The molecule has 7 heteroatoms. The summed E-state index contributed by atoms with van der Waals surface area (Å²) in [5.41, 5.74) is 0.650. The van der Waals surface area contributed by atoms with Gasteiger partial charge in [0.2, 0.25) is 5.91 Å². The Morgan fingerprint density at radius 2 is 1.85 bits per heavy atom. The van der Waals surface area contributed by atoms with Gasteiger partial charge in [-0.15, -0.1) is 0 Å². The zero-order valence-electron chi connectivity index (χ0n) is 15.9. The van der Waals surface area contributed by atoms with Crippen molar-refractivity contribution in [2.45, 2.75) is 46.8 Å².